The number of benzene rings is 2. The zero-order valence-corrected chi connectivity index (χ0v) is 17.4. The Morgan fingerprint density at radius 3 is 2.40 bits per heavy atom. The summed E-state index contributed by atoms with van der Waals surface area (Å²) in [5.41, 5.74) is 0.251. The van der Waals surface area contributed by atoms with Crippen LogP contribution in [0.4, 0.5) is 0 Å². The number of carbonyl (C=O) groups is 2. The molecule has 3 rings (SSSR count). The zero-order chi connectivity index (χ0) is 21.4. The molecule has 0 spiro atoms. The van der Waals surface area contributed by atoms with E-state index in [-0.39, 0.29) is 30.3 Å². The van der Waals surface area contributed by atoms with Crippen LogP contribution in [0, 0.1) is 5.41 Å². The molecule has 1 atom stereocenters. The number of likely N-dealkylation sites (tertiary alicyclic amines) is 1. The number of amides is 1. The van der Waals surface area contributed by atoms with Crippen LogP contribution in [0.25, 0.3) is 0 Å². The molecule has 1 aliphatic rings. The molecule has 1 unspecified atom stereocenters. The van der Waals surface area contributed by atoms with Gasteiger partial charge in [0.25, 0.3) is 5.91 Å². The lowest BCUT2D eigenvalue weighted by molar-refractivity contribution is -0.138. The highest BCUT2D eigenvalue weighted by atomic mass is 16.5. The second-order valence-electron chi connectivity index (χ2n) is 7.86. The monoisotopic (exact) mass is 411 g/mol. The summed E-state index contributed by atoms with van der Waals surface area (Å²) in [5, 5.41) is 10.1. The lowest BCUT2D eigenvalue weighted by Crippen LogP contribution is -2.49. The highest BCUT2D eigenvalue weighted by molar-refractivity contribution is 5.94. The topological polar surface area (TPSA) is 76.1 Å². The Morgan fingerprint density at radius 2 is 1.73 bits per heavy atom. The van der Waals surface area contributed by atoms with E-state index in [0.717, 1.165) is 18.6 Å². The molecule has 6 nitrogen and oxygen atoms in total. The van der Waals surface area contributed by atoms with E-state index in [4.69, 9.17) is 9.47 Å². The van der Waals surface area contributed by atoms with E-state index in [1.54, 1.807) is 29.2 Å². The van der Waals surface area contributed by atoms with Gasteiger partial charge in [-0.25, -0.2) is 0 Å². The van der Waals surface area contributed by atoms with Crippen molar-refractivity contribution in [2.24, 2.45) is 5.41 Å². The highest BCUT2D eigenvalue weighted by Gasteiger charge is 2.36. The second kappa shape index (κ2) is 10.3. The highest BCUT2D eigenvalue weighted by Crippen LogP contribution is 2.33. The summed E-state index contributed by atoms with van der Waals surface area (Å²) >= 11 is 0. The van der Waals surface area contributed by atoms with Crippen molar-refractivity contribution in [3.63, 3.8) is 0 Å². The zero-order valence-electron chi connectivity index (χ0n) is 17.4. The van der Waals surface area contributed by atoms with Gasteiger partial charge < -0.3 is 19.5 Å². The first-order valence-corrected chi connectivity index (χ1v) is 10.3. The lowest BCUT2D eigenvalue weighted by Gasteiger charge is -2.41. The molecule has 2 aromatic carbocycles. The van der Waals surface area contributed by atoms with Crippen molar-refractivity contribution in [1.82, 2.24) is 4.90 Å². The van der Waals surface area contributed by atoms with Gasteiger partial charge in [-0.2, -0.15) is 0 Å². The number of aliphatic hydroxyl groups is 1. The quantitative estimate of drug-likeness (QED) is 0.641. The van der Waals surface area contributed by atoms with Crippen LogP contribution >= 0.6 is 0 Å². The molecule has 6 heteroatoms. The fourth-order valence-electron chi connectivity index (χ4n) is 3.76. The maximum atomic E-state index is 12.7. The number of hydrogen-bond donors (Lipinski definition) is 1. The number of para-hydroxylation sites is 1. The van der Waals surface area contributed by atoms with Crippen LogP contribution in [-0.2, 0) is 4.79 Å². The van der Waals surface area contributed by atoms with E-state index in [1.807, 2.05) is 30.3 Å². The van der Waals surface area contributed by atoms with Gasteiger partial charge in [-0.15, -0.1) is 0 Å². The van der Waals surface area contributed by atoms with Gasteiger partial charge in [-0.3, -0.25) is 9.59 Å². The average Bonchev–Trinajstić information content (AvgIpc) is 2.78. The molecule has 0 radical (unpaired) electrons. The van der Waals surface area contributed by atoms with Crippen LogP contribution in [0.2, 0.25) is 0 Å². The molecule has 0 saturated carbocycles. The summed E-state index contributed by atoms with van der Waals surface area (Å²) in [6.45, 7) is 3.10. The minimum Gasteiger partial charge on any atom is -0.494 e. The maximum absolute atomic E-state index is 12.7. The van der Waals surface area contributed by atoms with Crippen LogP contribution in [0.3, 0.4) is 0 Å². The summed E-state index contributed by atoms with van der Waals surface area (Å²) in [4.78, 5) is 25.8. The maximum Gasteiger partial charge on any atom is 0.260 e. The molecule has 1 amide bonds. The molecule has 0 aliphatic carbocycles. The number of piperidine rings is 1. The third-order valence-electron chi connectivity index (χ3n) is 5.62. The van der Waals surface area contributed by atoms with E-state index in [0.29, 0.717) is 37.4 Å². The van der Waals surface area contributed by atoms with Crippen molar-refractivity contribution in [1.29, 1.82) is 0 Å². The van der Waals surface area contributed by atoms with E-state index in [1.165, 1.54) is 6.92 Å². The van der Waals surface area contributed by atoms with Gasteiger partial charge in [0, 0.05) is 24.1 Å². The minimum absolute atomic E-state index is 0.0115. The SMILES string of the molecule is CC(=O)c1ccc(OCC(=O)N2CCCC(CO)(CCOc3ccccc3)C2)cc1. The first-order chi connectivity index (χ1) is 14.5. The Morgan fingerprint density at radius 1 is 1.03 bits per heavy atom. The smallest absolute Gasteiger partial charge is 0.260 e. The van der Waals surface area contributed by atoms with Crippen molar-refractivity contribution in [3.8, 4) is 11.5 Å². The molecule has 1 saturated heterocycles. The minimum atomic E-state index is -0.355. The molecular weight excluding hydrogens is 382 g/mol. The number of rotatable bonds is 9. The normalized spacial score (nSPS) is 18.7. The van der Waals surface area contributed by atoms with Crippen molar-refractivity contribution < 1.29 is 24.2 Å². The summed E-state index contributed by atoms with van der Waals surface area (Å²) < 4.78 is 11.4. The predicted molar refractivity (Wildman–Crippen MR) is 114 cm³/mol. The predicted octanol–water partition coefficient (Wildman–Crippen LogP) is 3.34. The number of aliphatic hydroxyl groups excluding tert-OH is 1. The van der Waals surface area contributed by atoms with Gasteiger partial charge in [0.05, 0.1) is 13.2 Å². The summed E-state index contributed by atoms with van der Waals surface area (Å²) in [7, 11) is 0. The molecule has 1 aliphatic heterocycles. The van der Waals surface area contributed by atoms with E-state index >= 15 is 0 Å². The molecule has 0 aromatic heterocycles. The largest absolute Gasteiger partial charge is 0.494 e. The summed E-state index contributed by atoms with van der Waals surface area (Å²) in [5.74, 6) is 1.24. The van der Waals surface area contributed by atoms with Gasteiger partial charge in [0.15, 0.2) is 12.4 Å². The standard InChI is InChI=1S/C24H29NO5/c1-19(27)20-8-10-22(11-9-20)30-16-23(28)25-14-5-12-24(17-25,18-26)13-15-29-21-6-3-2-4-7-21/h2-4,6-11,26H,5,12-18H2,1H3. The Hall–Kier alpha value is -2.86. The van der Waals surface area contributed by atoms with Crippen molar-refractivity contribution in [2.45, 2.75) is 26.2 Å². The van der Waals surface area contributed by atoms with Gasteiger partial charge >= 0.3 is 0 Å². The fourth-order valence-corrected chi connectivity index (χ4v) is 3.76. The molecule has 30 heavy (non-hydrogen) atoms. The Bertz CT molecular complexity index is 836. The number of nitrogens with zero attached hydrogens (tertiary/aromatic N) is 1. The van der Waals surface area contributed by atoms with Crippen molar-refractivity contribution >= 4 is 11.7 Å². The van der Waals surface area contributed by atoms with Crippen LogP contribution in [0.1, 0.15) is 36.5 Å². The van der Waals surface area contributed by atoms with Gasteiger partial charge in [-0.05, 0) is 62.6 Å². The molecule has 2 aromatic rings. The van der Waals surface area contributed by atoms with Gasteiger partial charge in [0.2, 0.25) is 0 Å². The number of carbonyl (C=O) groups excluding carboxylic acids is 2. The first kappa shape index (κ1) is 21.8. The van der Waals surface area contributed by atoms with Gasteiger partial charge in [-0.1, -0.05) is 18.2 Å². The van der Waals surface area contributed by atoms with E-state index in [2.05, 4.69) is 0 Å². The first-order valence-electron chi connectivity index (χ1n) is 10.3. The fraction of sp³-hybridized carbons (Fsp3) is 0.417. The van der Waals surface area contributed by atoms with Crippen molar-refractivity contribution in [3.05, 3.63) is 60.2 Å². The van der Waals surface area contributed by atoms with E-state index in [9.17, 15) is 14.7 Å². The molecule has 160 valence electrons. The summed E-state index contributed by atoms with van der Waals surface area (Å²) in [6, 6.07) is 16.4. The Balaban J connectivity index is 1.51. The lowest BCUT2D eigenvalue weighted by atomic mass is 9.78. The van der Waals surface area contributed by atoms with Crippen molar-refractivity contribution in [2.75, 3.05) is 32.9 Å². The second-order valence-corrected chi connectivity index (χ2v) is 7.86. The molecule has 1 heterocycles. The number of ether oxygens (including phenoxy) is 2. The molecular formula is C24H29NO5. The van der Waals surface area contributed by atoms with Gasteiger partial charge in [0.1, 0.15) is 11.5 Å². The van der Waals surface area contributed by atoms with Crippen LogP contribution < -0.4 is 9.47 Å². The summed E-state index contributed by atoms with van der Waals surface area (Å²) in [6.07, 6.45) is 2.37. The van der Waals surface area contributed by atoms with Crippen LogP contribution in [-0.4, -0.2) is 54.6 Å². The van der Waals surface area contributed by atoms with Crippen LogP contribution in [0.15, 0.2) is 54.6 Å². The number of ketones is 1. The molecule has 1 fully saturated rings. The number of hydrogen-bond acceptors (Lipinski definition) is 5. The van der Waals surface area contributed by atoms with E-state index < -0.39 is 0 Å². The third-order valence-corrected chi connectivity index (χ3v) is 5.62. The third kappa shape index (κ3) is 5.83. The van der Waals surface area contributed by atoms with Crippen LogP contribution in [0.5, 0.6) is 11.5 Å². The Kier molecular flexibility index (Phi) is 7.46. The average molecular weight is 411 g/mol. The molecule has 0 bridgehead atoms. The number of Topliss-reactive ketones (excluding diaryl/α,β-unsaturated/α-hetero) is 1. The Labute approximate surface area is 177 Å². The molecule has 1 N–H and O–H groups in total.